The quantitative estimate of drug-likeness (QED) is 0.624. The first-order chi connectivity index (χ1) is 10.5. The van der Waals surface area contributed by atoms with Crippen LogP contribution in [0.2, 0.25) is 0 Å². The van der Waals surface area contributed by atoms with Gasteiger partial charge in [0.15, 0.2) is 5.78 Å². The molecule has 6 nitrogen and oxygen atoms in total. The Morgan fingerprint density at radius 2 is 1.64 bits per heavy atom. The zero-order valence-electron chi connectivity index (χ0n) is 11.3. The molecule has 3 rings (SSSR count). The number of aliphatic hydroxyl groups excluding tert-OH is 1. The number of hydrogen-bond donors (Lipinski definition) is 3. The fraction of sp³-hybridized carbons (Fsp3) is 0.0625. The van der Waals surface area contributed by atoms with Crippen molar-refractivity contribution in [3.63, 3.8) is 0 Å². The van der Waals surface area contributed by atoms with Gasteiger partial charge in [0.25, 0.3) is 0 Å². The van der Waals surface area contributed by atoms with Gasteiger partial charge in [-0.15, -0.1) is 0 Å². The van der Waals surface area contributed by atoms with Crippen LogP contribution in [0.5, 0.6) is 0 Å². The van der Waals surface area contributed by atoms with Gasteiger partial charge in [-0.25, -0.2) is 0 Å². The predicted molar refractivity (Wildman–Crippen MR) is 78.6 cm³/mol. The Morgan fingerprint density at radius 1 is 1.05 bits per heavy atom. The molecule has 0 saturated heterocycles. The lowest BCUT2D eigenvalue weighted by atomic mass is 9.79. The summed E-state index contributed by atoms with van der Waals surface area (Å²) in [5.74, 6) is -0.416. The molecule has 0 radical (unpaired) electrons. The van der Waals surface area contributed by atoms with Gasteiger partial charge in [-0.3, -0.25) is 4.79 Å². The first kappa shape index (κ1) is 13.6. The standard InChI is InChI=1S/C16H10N4O2/c17-5-9-10(6-18)14(20)12-11(13(9)19)15(21)7-3-1-2-4-8(7)16(12)22/h1-4,15,21H,19-20H2. The first-order valence-electron chi connectivity index (χ1n) is 6.39. The molecule has 0 fully saturated rings. The van der Waals surface area contributed by atoms with E-state index in [2.05, 4.69) is 0 Å². The lowest BCUT2D eigenvalue weighted by Crippen LogP contribution is -2.24. The SMILES string of the molecule is N#Cc1c(N)c2c(c(N)c1C#N)C(O)c1ccccc1C2=O. The smallest absolute Gasteiger partial charge is 0.196 e. The van der Waals surface area contributed by atoms with E-state index in [0.717, 1.165) is 0 Å². The lowest BCUT2D eigenvalue weighted by Gasteiger charge is -2.27. The van der Waals surface area contributed by atoms with Crippen LogP contribution in [-0.2, 0) is 0 Å². The zero-order valence-corrected chi connectivity index (χ0v) is 11.3. The van der Waals surface area contributed by atoms with Gasteiger partial charge < -0.3 is 16.6 Å². The minimum Gasteiger partial charge on any atom is -0.397 e. The molecule has 0 aliphatic heterocycles. The number of nitrogens with two attached hydrogens (primary N) is 2. The fourth-order valence-corrected chi connectivity index (χ4v) is 2.80. The van der Waals surface area contributed by atoms with Gasteiger partial charge in [0.1, 0.15) is 18.2 Å². The van der Waals surface area contributed by atoms with Gasteiger partial charge in [0.05, 0.1) is 28.1 Å². The zero-order chi connectivity index (χ0) is 16.0. The van der Waals surface area contributed by atoms with Gasteiger partial charge >= 0.3 is 0 Å². The molecule has 1 atom stereocenters. The number of fused-ring (bicyclic) bond motifs is 2. The topological polar surface area (TPSA) is 137 Å². The molecule has 1 aliphatic carbocycles. The molecule has 0 spiro atoms. The minimum atomic E-state index is -1.17. The van der Waals surface area contributed by atoms with Crippen molar-refractivity contribution in [3.8, 4) is 12.1 Å². The maximum Gasteiger partial charge on any atom is 0.196 e. The fourth-order valence-electron chi connectivity index (χ4n) is 2.80. The van der Waals surface area contributed by atoms with E-state index in [-0.39, 0.29) is 33.6 Å². The highest BCUT2D eigenvalue weighted by Crippen LogP contribution is 2.43. The van der Waals surface area contributed by atoms with Crippen molar-refractivity contribution in [2.75, 3.05) is 11.5 Å². The van der Waals surface area contributed by atoms with Gasteiger partial charge in [0.2, 0.25) is 0 Å². The third-order valence-corrected chi connectivity index (χ3v) is 3.84. The monoisotopic (exact) mass is 290 g/mol. The molecular weight excluding hydrogens is 280 g/mol. The van der Waals surface area contributed by atoms with E-state index in [0.29, 0.717) is 11.1 Å². The molecule has 0 amide bonds. The van der Waals surface area contributed by atoms with Crippen LogP contribution in [0.4, 0.5) is 11.4 Å². The second kappa shape index (κ2) is 4.59. The Morgan fingerprint density at radius 3 is 2.27 bits per heavy atom. The second-order valence-electron chi connectivity index (χ2n) is 4.91. The van der Waals surface area contributed by atoms with E-state index in [4.69, 9.17) is 11.5 Å². The minimum absolute atomic E-state index is 0.000694. The number of nitriles is 2. The van der Waals surface area contributed by atoms with Gasteiger partial charge in [-0.05, 0) is 5.56 Å². The summed E-state index contributed by atoms with van der Waals surface area (Å²) in [7, 11) is 0. The molecule has 106 valence electrons. The maximum atomic E-state index is 12.7. The summed E-state index contributed by atoms with van der Waals surface area (Å²) in [6.45, 7) is 0. The number of carbonyl (C=O) groups excluding carboxylic acids is 1. The number of nitrogen functional groups attached to an aromatic ring is 2. The molecular formula is C16H10N4O2. The maximum absolute atomic E-state index is 12.7. The van der Waals surface area contributed by atoms with Crippen molar-refractivity contribution >= 4 is 17.2 Å². The molecule has 1 unspecified atom stereocenters. The highest BCUT2D eigenvalue weighted by atomic mass is 16.3. The van der Waals surface area contributed by atoms with Crippen molar-refractivity contribution in [1.29, 1.82) is 10.5 Å². The Hall–Kier alpha value is -3.35. The summed E-state index contributed by atoms with van der Waals surface area (Å²) in [6, 6.07) is 10.2. The summed E-state index contributed by atoms with van der Waals surface area (Å²) < 4.78 is 0. The second-order valence-corrected chi connectivity index (χ2v) is 4.91. The average Bonchev–Trinajstić information content (AvgIpc) is 2.53. The third-order valence-electron chi connectivity index (χ3n) is 3.84. The van der Waals surface area contributed by atoms with Crippen molar-refractivity contribution in [3.05, 3.63) is 57.6 Å². The molecule has 6 heteroatoms. The summed E-state index contributed by atoms with van der Waals surface area (Å²) >= 11 is 0. The largest absolute Gasteiger partial charge is 0.397 e. The number of rotatable bonds is 0. The van der Waals surface area contributed by atoms with E-state index in [9.17, 15) is 20.4 Å². The van der Waals surface area contributed by atoms with E-state index < -0.39 is 11.9 Å². The van der Waals surface area contributed by atoms with E-state index in [1.807, 2.05) is 6.07 Å². The van der Waals surface area contributed by atoms with Crippen molar-refractivity contribution in [1.82, 2.24) is 0 Å². The molecule has 0 bridgehead atoms. The van der Waals surface area contributed by atoms with Crippen LogP contribution < -0.4 is 11.5 Å². The number of benzene rings is 2. The lowest BCUT2D eigenvalue weighted by molar-refractivity contribution is 0.102. The van der Waals surface area contributed by atoms with Crippen molar-refractivity contribution in [2.24, 2.45) is 0 Å². The van der Waals surface area contributed by atoms with Gasteiger partial charge in [-0.2, -0.15) is 10.5 Å². The summed E-state index contributed by atoms with van der Waals surface area (Å²) in [5, 5.41) is 28.9. The number of ketones is 1. The van der Waals surface area contributed by atoms with Crippen LogP contribution >= 0.6 is 0 Å². The van der Waals surface area contributed by atoms with Gasteiger partial charge in [-0.1, -0.05) is 24.3 Å². The van der Waals surface area contributed by atoms with Crippen LogP contribution in [-0.4, -0.2) is 10.9 Å². The summed E-state index contributed by atoms with van der Waals surface area (Å²) in [5.41, 5.74) is 12.2. The van der Waals surface area contributed by atoms with Gasteiger partial charge in [0, 0.05) is 11.1 Å². The highest BCUT2D eigenvalue weighted by molar-refractivity contribution is 6.17. The number of nitrogens with zero attached hydrogens (tertiary/aromatic N) is 2. The van der Waals surface area contributed by atoms with Crippen LogP contribution in [0.1, 0.15) is 44.3 Å². The van der Waals surface area contributed by atoms with Crippen LogP contribution in [0.3, 0.4) is 0 Å². The predicted octanol–water partition coefficient (Wildman–Crippen LogP) is 1.22. The van der Waals surface area contributed by atoms with Crippen molar-refractivity contribution in [2.45, 2.75) is 6.10 Å². The number of aliphatic hydroxyl groups is 1. The Kier molecular flexibility index (Phi) is 2.84. The van der Waals surface area contributed by atoms with E-state index >= 15 is 0 Å². The van der Waals surface area contributed by atoms with E-state index in [1.54, 1.807) is 30.3 Å². The Labute approximate surface area is 125 Å². The Balaban J connectivity index is 2.47. The molecule has 0 aromatic heterocycles. The number of hydrogen-bond acceptors (Lipinski definition) is 6. The molecule has 22 heavy (non-hydrogen) atoms. The van der Waals surface area contributed by atoms with Crippen molar-refractivity contribution < 1.29 is 9.90 Å². The molecule has 5 N–H and O–H groups in total. The van der Waals surface area contributed by atoms with Crippen LogP contribution in [0.25, 0.3) is 0 Å². The molecule has 1 aliphatic rings. The van der Waals surface area contributed by atoms with Crippen LogP contribution in [0.15, 0.2) is 24.3 Å². The first-order valence-corrected chi connectivity index (χ1v) is 6.39. The summed E-state index contributed by atoms with van der Waals surface area (Å²) in [4.78, 5) is 12.7. The molecule has 2 aromatic rings. The highest BCUT2D eigenvalue weighted by Gasteiger charge is 2.36. The van der Waals surface area contributed by atoms with E-state index in [1.165, 1.54) is 0 Å². The molecule has 0 heterocycles. The number of anilines is 2. The molecule has 0 saturated carbocycles. The summed E-state index contributed by atoms with van der Waals surface area (Å²) in [6.07, 6.45) is -1.17. The Bertz CT molecular complexity index is 919. The average molecular weight is 290 g/mol. The number of carbonyl (C=O) groups is 1. The molecule has 2 aromatic carbocycles. The normalized spacial score (nSPS) is 15.4. The third kappa shape index (κ3) is 1.53. The van der Waals surface area contributed by atoms with Crippen LogP contribution in [0, 0.1) is 22.7 Å².